The van der Waals surface area contributed by atoms with Crippen molar-refractivity contribution in [3.8, 4) is 5.69 Å². The quantitative estimate of drug-likeness (QED) is 0.277. The number of aromatic nitrogens is 3. The van der Waals surface area contributed by atoms with Crippen molar-refractivity contribution in [2.45, 2.75) is 121 Å². The average molecular weight is 460 g/mol. The molecule has 0 amide bonds. The lowest BCUT2D eigenvalue weighted by Crippen LogP contribution is -2.18. The number of benzene rings is 1. The van der Waals surface area contributed by atoms with Crippen LogP contribution in [0.1, 0.15) is 117 Å². The standard InChI is InChI=1S/C26H41N3S2/c1-7-8-14-19-26(5,6)31-30-24-28-27-23(20-15-10-9-11-16-20)29(24)22-18-13-12-17-21(22)25(2,3)4/h12-13,17-18,20H,7-11,14-16,19H2,1-6H3. The normalized spacial score (nSPS) is 16.1. The smallest absolute Gasteiger partial charge is 0.206 e. The number of unbranched alkanes of at least 4 members (excludes halogenated alkanes) is 2. The molecule has 1 heterocycles. The average Bonchev–Trinajstić information content (AvgIpc) is 3.16. The molecule has 1 aromatic heterocycles. The molecule has 0 spiro atoms. The van der Waals surface area contributed by atoms with Gasteiger partial charge in [0.05, 0.1) is 5.69 Å². The van der Waals surface area contributed by atoms with Gasteiger partial charge in [0, 0.05) is 10.7 Å². The van der Waals surface area contributed by atoms with E-state index in [2.05, 4.69) is 70.4 Å². The summed E-state index contributed by atoms with van der Waals surface area (Å²) in [6, 6.07) is 8.85. The van der Waals surface area contributed by atoms with Gasteiger partial charge in [-0.1, -0.05) is 95.2 Å². The van der Waals surface area contributed by atoms with Crippen molar-refractivity contribution in [2.75, 3.05) is 0 Å². The molecule has 1 saturated carbocycles. The Bertz CT molecular complexity index is 829. The Kier molecular flexibility index (Phi) is 8.59. The Balaban J connectivity index is 1.95. The molecule has 0 radical (unpaired) electrons. The van der Waals surface area contributed by atoms with E-state index in [1.165, 1.54) is 74.9 Å². The third-order valence-corrected chi connectivity index (χ3v) is 9.51. The fourth-order valence-electron chi connectivity index (χ4n) is 4.48. The van der Waals surface area contributed by atoms with E-state index in [9.17, 15) is 0 Å². The van der Waals surface area contributed by atoms with Crippen LogP contribution in [0.4, 0.5) is 0 Å². The second kappa shape index (κ2) is 10.8. The molecule has 0 N–H and O–H groups in total. The minimum Gasteiger partial charge on any atom is -0.273 e. The van der Waals surface area contributed by atoms with Crippen LogP contribution in [0.25, 0.3) is 5.69 Å². The van der Waals surface area contributed by atoms with Gasteiger partial charge in [0.1, 0.15) is 5.82 Å². The van der Waals surface area contributed by atoms with Gasteiger partial charge in [-0.15, -0.1) is 10.2 Å². The van der Waals surface area contributed by atoms with Crippen LogP contribution >= 0.6 is 21.6 Å². The topological polar surface area (TPSA) is 30.7 Å². The molecule has 3 rings (SSSR count). The van der Waals surface area contributed by atoms with Crippen LogP contribution in [0.2, 0.25) is 0 Å². The molecule has 0 aliphatic heterocycles. The predicted octanol–water partition coefficient (Wildman–Crippen LogP) is 8.71. The van der Waals surface area contributed by atoms with Gasteiger partial charge in [0.25, 0.3) is 0 Å². The molecule has 1 fully saturated rings. The van der Waals surface area contributed by atoms with E-state index in [1.54, 1.807) is 0 Å². The Morgan fingerprint density at radius 2 is 1.68 bits per heavy atom. The Morgan fingerprint density at radius 3 is 2.35 bits per heavy atom. The maximum Gasteiger partial charge on any atom is 0.206 e. The lowest BCUT2D eigenvalue weighted by molar-refractivity contribution is 0.423. The highest BCUT2D eigenvalue weighted by molar-refractivity contribution is 8.77. The Labute approximate surface area is 198 Å². The third kappa shape index (κ3) is 6.54. The first-order valence-electron chi connectivity index (χ1n) is 12.1. The summed E-state index contributed by atoms with van der Waals surface area (Å²) in [6.07, 6.45) is 11.6. The van der Waals surface area contributed by atoms with E-state index in [0.717, 1.165) is 5.16 Å². The van der Waals surface area contributed by atoms with E-state index in [-0.39, 0.29) is 10.2 Å². The molecule has 0 saturated heterocycles. The van der Waals surface area contributed by atoms with Crippen LogP contribution in [0.15, 0.2) is 29.4 Å². The zero-order chi connectivity index (χ0) is 22.5. The maximum atomic E-state index is 4.79. The Hall–Kier alpha value is -0.940. The van der Waals surface area contributed by atoms with Crippen LogP contribution in [0.5, 0.6) is 0 Å². The van der Waals surface area contributed by atoms with Crippen molar-refractivity contribution in [2.24, 2.45) is 0 Å². The molecular formula is C26H41N3S2. The van der Waals surface area contributed by atoms with Crippen molar-refractivity contribution in [1.82, 2.24) is 14.8 Å². The fraction of sp³-hybridized carbons (Fsp3) is 0.692. The first-order chi connectivity index (χ1) is 14.7. The first-order valence-corrected chi connectivity index (χ1v) is 14.3. The Morgan fingerprint density at radius 1 is 0.968 bits per heavy atom. The van der Waals surface area contributed by atoms with Gasteiger partial charge in [0.15, 0.2) is 0 Å². The van der Waals surface area contributed by atoms with Gasteiger partial charge in [-0.2, -0.15) is 0 Å². The SMILES string of the molecule is CCCCCC(C)(C)SSc1nnc(C2CCCCC2)n1-c1ccccc1C(C)(C)C. The van der Waals surface area contributed by atoms with Crippen LogP contribution in [0, 0.1) is 0 Å². The highest BCUT2D eigenvalue weighted by atomic mass is 33.1. The molecule has 2 aromatic rings. The summed E-state index contributed by atoms with van der Waals surface area (Å²) in [5, 5.41) is 10.6. The fourth-order valence-corrected chi connectivity index (χ4v) is 6.82. The van der Waals surface area contributed by atoms with Crippen molar-refractivity contribution in [1.29, 1.82) is 0 Å². The van der Waals surface area contributed by atoms with Crippen LogP contribution in [-0.4, -0.2) is 19.5 Å². The van der Waals surface area contributed by atoms with Gasteiger partial charge in [0.2, 0.25) is 5.16 Å². The molecule has 0 unspecified atom stereocenters. The van der Waals surface area contributed by atoms with Gasteiger partial charge in [-0.3, -0.25) is 4.57 Å². The molecule has 0 atom stereocenters. The molecule has 31 heavy (non-hydrogen) atoms. The van der Waals surface area contributed by atoms with E-state index in [4.69, 9.17) is 10.2 Å². The van der Waals surface area contributed by atoms with Crippen LogP contribution in [0.3, 0.4) is 0 Å². The number of para-hydroxylation sites is 1. The minimum absolute atomic E-state index is 0.0687. The van der Waals surface area contributed by atoms with Crippen LogP contribution in [-0.2, 0) is 5.41 Å². The summed E-state index contributed by atoms with van der Waals surface area (Å²) in [6.45, 7) is 13.9. The second-order valence-corrected chi connectivity index (χ2v) is 13.5. The molecule has 0 bridgehead atoms. The molecule has 1 aliphatic carbocycles. The third-order valence-electron chi connectivity index (χ3n) is 6.31. The van der Waals surface area contributed by atoms with Crippen molar-refractivity contribution in [3.63, 3.8) is 0 Å². The molecular weight excluding hydrogens is 418 g/mol. The van der Waals surface area contributed by atoms with Gasteiger partial charge in [-0.25, -0.2) is 0 Å². The highest BCUT2D eigenvalue weighted by Gasteiger charge is 2.29. The zero-order valence-corrected chi connectivity index (χ0v) is 22.0. The predicted molar refractivity (Wildman–Crippen MR) is 138 cm³/mol. The second-order valence-electron chi connectivity index (χ2n) is 10.7. The van der Waals surface area contributed by atoms with Crippen LogP contribution < -0.4 is 0 Å². The number of hydrogen-bond donors (Lipinski definition) is 0. The van der Waals surface area contributed by atoms with E-state index in [0.29, 0.717) is 5.92 Å². The molecule has 1 aromatic carbocycles. The van der Waals surface area contributed by atoms with Crippen molar-refractivity contribution in [3.05, 3.63) is 35.7 Å². The van der Waals surface area contributed by atoms with Gasteiger partial charge >= 0.3 is 0 Å². The summed E-state index contributed by atoms with van der Waals surface area (Å²) in [5.41, 5.74) is 2.69. The lowest BCUT2D eigenvalue weighted by atomic mass is 9.85. The summed E-state index contributed by atoms with van der Waals surface area (Å²) < 4.78 is 2.63. The number of nitrogens with zero attached hydrogens (tertiary/aromatic N) is 3. The summed E-state index contributed by atoms with van der Waals surface area (Å²) in [4.78, 5) is 0. The number of rotatable bonds is 9. The maximum absolute atomic E-state index is 4.79. The molecule has 1 aliphatic rings. The summed E-state index contributed by atoms with van der Waals surface area (Å²) in [7, 11) is 3.77. The monoisotopic (exact) mass is 459 g/mol. The van der Waals surface area contributed by atoms with Gasteiger partial charge in [-0.05, 0) is 60.9 Å². The van der Waals surface area contributed by atoms with E-state index in [1.807, 2.05) is 21.6 Å². The first kappa shape index (κ1) is 24.7. The molecule has 3 nitrogen and oxygen atoms in total. The van der Waals surface area contributed by atoms with Crippen molar-refractivity contribution >= 4 is 21.6 Å². The van der Waals surface area contributed by atoms with Crippen molar-refractivity contribution < 1.29 is 0 Å². The molecule has 5 heteroatoms. The largest absolute Gasteiger partial charge is 0.273 e. The highest BCUT2D eigenvalue weighted by Crippen LogP contribution is 2.45. The van der Waals surface area contributed by atoms with E-state index >= 15 is 0 Å². The lowest BCUT2D eigenvalue weighted by Gasteiger charge is -2.27. The number of hydrogen-bond acceptors (Lipinski definition) is 4. The summed E-state index contributed by atoms with van der Waals surface area (Å²) in [5.74, 6) is 1.69. The summed E-state index contributed by atoms with van der Waals surface area (Å²) >= 11 is 0. The zero-order valence-electron chi connectivity index (χ0n) is 20.4. The minimum atomic E-state index is 0.0687. The van der Waals surface area contributed by atoms with Gasteiger partial charge < -0.3 is 0 Å². The molecule has 172 valence electrons. The van der Waals surface area contributed by atoms with E-state index < -0.39 is 0 Å².